The molecule has 0 bridgehead atoms. The van der Waals surface area contributed by atoms with Crippen molar-refractivity contribution in [3.05, 3.63) is 30.1 Å². The third kappa shape index (κ3) is 4.41. The highest BCUT2D eigenvalue weighted by atomic mass is 79.9. The third-order valence-corrected chi connectivity index (χ3v) is 3.28. The number of aromatic nitrogens is 1. The van der Waals surface area contributed by atoms with Crippen molar-refractivity contribution in [1.82, 2.24) is 4.98 Å². The molecular formula is C11H16BrN. The Hall–Kier alpha value is -0.370. The fraction of sp³-hybridized carbons (Fsp3) is 0.545. The molecular weight excluding hydrogens is 226 g/mol. The third-order valence-electron chi connectivity index (χ3n) is 2.18. The number of aryl methyl sites for hydroxylation is 1. The molecule has 1 heterocycles. The Kier molecular flexibility index (Phi) is 5.06. The summed E-state index contributed by atoms with van der Waals surface area (Å²) in [5.41, 5.74) is 1.39. The minimum Gasteiger partial charge on any atom is -0.265 e. The van der Waals surface area contributed by atoms with Crippen molar-refractivity contribution < 1.29 is 0 Å². The molecule has 0 fully saturated rings. The van der Waals surface area contributed by atoms with Crippen LogP contribution in [0.3, 0.4) is 0 Å². The van der Waals surface area contributed by atoms with Crippen molar-refractivity contribution in [3.8, 4) is 0 Å². The summed E-state index contributed by atoms with van der Waals surface area (Å²) in [6.45, 7) is 2.21. The van der Waals surface area contributed by atoms with Crippen molar-refractivity contribution in [3.63, 3.8) is 0 Å². The summed E-state index contributed by atoms with van der Waals surface area (Å²) in [5, 5.41) is 0. The van der Waals surface area contributed by atoms with Crippen LogP contribution < -0.4 is 0 Å². The first kappa shape index (κ1) is 10.7. The minimum absolute atomic E-state index is 0.689. The Balaban J connectivity index is 2.20. The van der Waals surface area contributed by atoms with Crippen LogP contribution in [0.25, 0.3) is 0 Å². The fourth-order valence-corrected chi connectivity index (χ4v) is 1.60. The predicted molar refractivity (Wildman–Crippen MR) is 60.2 cm³/mol. The highest BCUT2D eigenvalue weighted by Gasteiger charge is 2.00. The Labute approximate surface area is 88.7 Å². The van der Waals surface area contributed by atoms with Gasteiger partial charge < -0.3 is 0 Å². The second-order valence-electron chi connectivity index (χ2n) is 3.25. The van der Waals surface area contributed by atoms with Gasteiger partial charge in [0.2, 0.25) is 0 Å². The second-order valence-corrected chi connectivity index (χ2v) is 4.55. The van der Waals surface area contributed by atoms with Gasteiger partial charge in [0.05, 0.1) is 0 Å². The second kappa shape index (κ2) is 6.14. The Morgan fingerprint density at radius 2 is 2.08 bits per heavy atom. The lowest BCUT2D eigenvalue weighted by atomic mass is 10.1. The van der Waals surface area contributed by atoms with E-state index < -0.39 is 0 Å². The van der Waals surface area contributed by atoms with E-state index in [0.717, 1.165) is 0 Å². The molecule has 0 aliphatic rings. The van der Waals surface area contributed by atoms with E-state index in [9.17, 15) is 0 Å². The maximum atomic E-state index is 4.00. The van der Waals surface area contributed by atoms with Crippen LogP contribution in [-0.2, 0) is 6.42 Å². The van der Waals surface area contributed by atoms with Crippen LogP contribution in [0.15, 0.2) is 24.5 Å². The molecule has 1 rings (SSSR count). The minimum atomic E-state index is 0.689. The van der Waals surface area contributed by atoms with Crippen LogP contribution in [0, 0.1) is 0 Å². The zero-order valence-corrected chi connectivity index (χ0v) is 9.63. The topological polar surface area (TPSA) is 12.9 Å². The monoisotopic (exact) mass is 241 g/mol. The number of rotatable bonds is 5. The van der Waals surface area contributed by atoms with Crippen molar-refractivity contribution >= 4 is 15.9 Å². The number of hydrogen-bond acceptors (Lipinski definition) is 1. The van der Waals surface area contributed by atoms with E-state index in [2.05, 4.69) is 40.0 Å². The van der Waals surface area contributed by atoms with E-state index >= 15 is 0 Å². The lowest BCUT2D eigenvalue weighted by Gasteiger charge is -2.05. The summed E-state index contributed by atoms with van der Waals surface area (Å²) in [6, 6.07) is 4.18. The van der Waals surface area contributed by atoms with E-state index in [4.69, 9.17) is 0 Å². The highest BCUT2D eigenvalue weighted by molar-refractivity contribution is 9.09. The van der Waals surface area contributed by atoms with E-state index in [1.807, 2.05) is 12.4 Å². The van der Waals surface area contributed by atoms with E-state index in [1.54, 1.807) is 0 Å². The quantitative estimate of drug-likeness (QED) is 0.719. The highest BCUT2D eigenvalue weighted by Crippen LogP contribution is 2.13. The van der Waals surface area contributed by atoms with Crippen molar-refractivity contribution in [1.29, 1.82) is 0 Å². The first-order chi connectivity index (χ1) is 6.33. The zero-order chi connectivity index (χ0) is 9.52. The molecule has 0 N–H and O–H groups in total. The maximum absolute atomic E-state index is 4.00. The van der Waals surface area contributed by atoms with Gasteiger partial charge in [-0.15, -0.1) is 0 Å². The van der Waals surface area contributed by atoms with Gasteiger partial charge in [-0.3, -0.25) is 4.98 Å². The molecule has 13 heavy (non-hydrogen) atoms. The molecule has 72 valence electrons. The molecule has 0 aliphatic heterocycles. The van der Waals surface area contributed by atoms with Crippen LogP contribution >= 0.6 is 15.9 Å². The number of hydrogen-bond donors (Lipinski definition) is 0. The summed E-state index contributed by atoms with van der Waals surface area (Å²) in [7, 11) is 0. The molecule has 0 saturated carbocycles. The van der Waals surface area contributed by atoms with Gasteiger partial charge in [-0.1, -0.05) is 22.9 Å². The van der Waals surface area contributed by atoms with Gasteiger partial charge in [0.15, 0.2) is 0 Å². The first-order valence-electron chi connectivity index (χ1n) is 4.86. The normalized spacial score (nSPS) is 12.8. The van der Waals surface area contributed by atoms with Crippen LogP contribution in [-0.4, -0.2) is 9.81 Å². The SMILES string of the molecule is CCC(Br)CCCc1ccncc1. The Bertz CT molecular complexity index is 223. The molecule has 1 unspecified atom stereocenters. The molecule has 0 radical (unpaired) electrons. The van der Waals surface area contributed by atoms with Crippen molar-refractivity contribution in [2.75, 3.05) is 0 Å². The predicted octanol–water partition coefficient (Wildman–Crippen LogP) is 3.58. The number of halogens is 1. The lowest BCUT2D eigenvalue weighted by molar-refractivity contribution is 0.689. The lowest BCUT2D eigenvalue weighted by Crippen LogP contribution is -1.96. The van der Waals surface area contributed by atoms with Gasteiger partial charge in [-0.05, 0) is 43.4 Å². The zero-order valence-electron chi connectivity index (χ0n) is 8.04. The molecule has 0 aromatic carbocycles. The van der Waals surface area contributed by atoms with E-state index in [0.29, 0.717) is 4.83 Å². The van der Waals surface area contributed by atoms with Crippen LogP contribution in [0.1, 0.15) is 31.7 Å². The summed E-state index contributed by atoms with van der Waals surface area (Å²) in [6.07, 6.45) is 8.63. The average molecular weight is 242 g/mol. The number of alkyl halides is 1. The molecule has 0 saturated heterocycles. The largest absolute Gasteiger partial charge is 0.265 e. The summed E-state index contributed by atoms with van der Waals surface area (Å²) in [4.78, 5) is 4.68. The van der Waals surface area contributed by atoms with Gasteiger partial charge in [0.25, 0.3) is 0 Å². The maximum Gasteiger partial charge on any atom is 0.0270 e. The van der Waals surface area contributed by atoms with Gasteiger partial charge >= 0.3 is 0 Å². The molecule has 0 amide bonds. The number of pyridine rings is 1. The average Bonchev–Trinajstić information content (AvgIpc) is 2.19. The van der Waals surface area contributed by atoms with Crippen molar-refractivity contribution in [2.24, 2.45) is 0 Å². The molecule has 1 nitrogen and oxygen atoms in total. The molecule has 0 spiro atoms. The van der Waals surface area contributed by atoms with E-state index in [-0.39, 0.29) is 0 Å². The summed E-state index contributed by atoms with van der Waals surface area (Å²) in [5.74, 6) is 0. The standard InChI is InChI=1S/C11H16BrN/c1-2-11(12)5-3-4-10-6-8-13-9-7-10/h6-9,11H,2-5H2,1H3. The molecule has 1 aromatic rings. The van der Waals surface area contributed by atoms with Gasteiger partial charge in [0, 0.05) is 17.2 Å². The van der Waals surface area contributed by atoms with Crippen molar-refractivity contribution in [2.45, 2.75) is 37.4 Å². The number of nitrogens with zero attached hydrogens (tertiary/aromatic N) is 1. The summed E-state index contributed by atoms with van der Waals surface area (Å²) >= 11 is 3.64. The van der Waals surface area contributed by atoms with Gasteiger partial charge in [-0.25, -0.2) is 0 Å². The fourth-order valence-electron chi connectivity index (χ4n) is 1.28. The van der Waals surface area contributed by atoms with Crippen LogP contribution in [0.4, 0.5) is 0 Å². The van der Waals surface area contributed by atoms with Crippen LogP contribution in [0.5, 0.6) is 0 Å². The first-order valence-corrected chi connectivity index (χ1v) is 5.77. The van der Waals surface area contributed by atoms with Crippen LogP contribution in [0.2, 0.25) is 0 Å². The van der Waals surface area contributed by atoms with E-state index in [1.165, 1.54) is 31.2 Å². The Morgan fingerprint density at radius 1 is 1.38 bits per heavy atom. The molecule has 1 atom stereocenters. The Morgan fingerprint density at radius 3 is 2.69 bits per heavy atom. The molecule has 2 heteroatoms. The molecule has 0 aliphatic carbocycles. The smallest absolute Gasteiger partial charge is 0.0270 e. The summed E-state index contributed by atoms with van der Waals surface area (Å²) < 4.78 is 0. The van der Waals surface area contributed by atoms with Gasteiger partial charge in [0.1, 0.15) is 0 Å². The molecule has 1 aromatic heterocycles. The van der Waals surface area contributed by atoms with Gasteiger partial charge in [-0.2, -0.15) is 0 Å².